The van der Waals surface area contributed by atoms with Gasteiger partial charge in [0, 0.05) is 68.1 Å². The molecule has 1 aliphatic carbocycles. The van der Waals surface area contributed by atoms with Crippen molar-refractivity contribution in [2.24, 2.45) is 0 Å². The van der Waals surface area contributed by atoms with Crippen LogP contribution in [0.1, 0.15) is 54.5 Å². The number of halogens is 3. The van der Waals surface area contributed by atoms with Crippen LogP contribution in [0.3, 0.4) is 0 Å². The van der Waals surface area contributed by atoms with Crippen LogP contribution >= 0.6 is 0 Å². The van der Waals surface area contributed by atoms with Crippen LogP contribution in [0.25, 0.3) is 27.7 Å². The molecule has 10 heteroatoms. The number of pyridine rings is 1. The van der Waals surface area contributed by atoms with E-state index in [1.807, 2.05) is 44.5 Å². The molecule has 0 radical (unpaired) electrons. The van der Waals surface area contributed by atoms with Gasteiger partial charge in [-0.3, -0.25) is 9.20 Å². The fourth-order valence-corrected chi connectivity index (χ4v) is 6.53. The molecular weight excluding hydrogens is 519 g/mol. The van der Waals surface area contributed by atoms with Crippen LogP contribution in [0.15, 0.2) is 48.9 Å². The van der Waals surface area contributed by atoms with Gasteiger partial charge in [0.15, 0.2) is 5.78 Å². The highest BCUT2D eigenvalue weighted by atomic mass is 19.4. The molecule has 0 N–H and O–H groups in total. The van der Waals surface area contributed by atoms with Crippen molar-refractivity contribution in [3.05, 3.63) is 71.3 Å². The Morgan fingerprint density at radius 2 is 1.77 bits per heavy atom. The van der Waals surface area contributed by atoms with E-state index in [-0.39, 0.29) is 18.4 Å². The van der Waals surface area contributed by atoms with Gasteiger partial charge in [0.1, 0.15) is 5.65 Å². The lowest BCUT2D eigenvalue weighted by molar-refractivity contribution is -0.137. The summed E-state index contributed by atoms with van der Waals surface area (Å²) in [7, 11) is 0. The monoisotopic (exact) mass is 547 g/mol. The van der Waals surface area contributed by atoms with E-state index in [0.29, 0.717) is 66.6 Å². The summed E-state index contributed by atoms with van der Waals surface area (Å²) in [6.45, 7) is 2.24. The summed E-state index contributed by atoms with van der Waals surface area (Å²) >= 11 is 0. The number of likely N-dealkylation sites (tertiary alicyclic amines) is 1. The molecule has 2 amide bonds. The quantitative estimate of drug-likeness (QED) is 0.309. The Bertz CT molecular complexity index is 1710. The zero-order chi connectivity index (χ0) is 27.6. The van der Waals surface area contributed by atoms with Crippen molar-refractivity contribution in [2.45, 2.75) is 51.4 Å². The fourth-order valence-electron chi connectivity index (χ4n) is 6.53. The Balaban J connectivity index is 1.39. The first-order valence-electron chi connectivity index (χ1n) is 13.8. The molecule has 4 aromatic rings. The van der Waals surface area contributed by atoms with Crippen molar-refractivity contribution < 1.29 is 22.8 Å². The number of nitrogens with zero attached hydrogens (tertiary/aromatic N) is 5. The summed E-state index contributed by atoms with van der Waals surface area (Å²) in [4.78, 5) is 34.6. The fraction of sp³-hybridized carbons (Fsp3) is 0.367. The van der Waals surface area contributed by atoms with Crippen LogP contribution in [0.2, 0.25) is 0 Å². The maximum atomic E-state index is 14.2. The smallest absolute Gasteiger partial charge is 0.345 e. The molecule has 2 aliphatic heterocycles. The lowest BCUT2D eigenvalue weighted by atomic mass is 9.96. The van der Waals surface area contributed by atoms with Crippen molar-refractivity contribution in [2.75, 3.05) is 19.6 Å². The first kappa shape index (κ1) is 24.9. The molecule has 206 valence electrons. The molecule has 0 bridgehead atoms. The third-order valence-electron chi connectivity index (χ3n) is 8.43. The number of Topliss-reactive ketones (excluding diaryl/α,β-unsaturated/α-hetero) is 1. The highest BCUT2D eigenvalue weighted by Gasteiger charge is 2.36. The molecule has 3 aliphatic rings. The highest BCUT2D eigenvalue weighted by Crippen LogP contribution is 2.44. The van der Waals surface area contributed by atoms with Crippen LogP contribution in [-0.2, 0) is 24.1 Å². The number of carbonyl (C=O) groups excluding carboxylic acids is 2. The van der Waals surface area contributed by atoms with Gasteiger partial charge in [-0.25, -0.2) is 9.78 Å². The van der Waals surface area contributed by atoms with Crippen LogP contribution in [0.4, 0.5) is 18.0 Å². The SMILES string of the molecule is O=C1CCC(c2cnc3ccccn23)=C1c1cn2c3c(cc(C(F)(F)F)cc13)CN(C(=O)N1CCCCC1)CC2. The van der Waals surface area contributed by atoms with E-state index in [0.717, 1.165) is 42.2 Å². The lowest BCUT2D eigenvalue weighted by Gasteiger charge is -2.32. The van der Waals surface area contributed by atoms with E-state index in [1.54, 1.807) is 11.1 Å². The van der Waals surface area contributed by atoms with Gasteiger partial charge < -0.3 is 14.4 Å². The van der Waals surface area contributed by atoms with Gasteiger partial charge in [-0.15, -0.1) is 0 Å². The Morgan fingerprint density at radius 1 is 0.950 bits per heavy atom. The number of urea groups is 1. The summed E-state index contributed by atoms with van der Waals surface area (Å²) in [5.41, 5.74) is 3.60. The summed E-state index contributed by atoms with van der Waals surface area (Å²) in [6.07, 6.45) is 4.58. The molecule has 1 saturated heterocycles. The summed E-state index contributed by atoms with van der Waals surface area (Å²) < 4.78 is 46.4. The Morgan fingerprint density at radius 3 is 2.58 bits per heavy atom. The van der Waals surface area contributed by atoms with Crippen LogP contribution < -0.4 is 0 Å². The minimum Gasteiger partial charge on any atom is -0.345 e. The number of benzene rings is 1. The number of carbonyl (C=O) groups is 2. The number of fused-ring (bicyclic) bond motifs is 1. The van der Waals surface area contributed by atoms with Gasteiger partial charge in [0.25, 0.3) is 0 Å². The minimum atomic E-state index is -4.57. The molecule has 0 atom stereocenters. The van der Waals surface area contributed by atoms with Gasteiger partial charge in [-0.05, 0) is 61.1 Å². The third kappa shape index (κ3) is 4.00. The van der Waals surface area contributed by atoms with Crippen LogP contribution in [-0.4, -0.2) is 55.2 Å². The molecule has 40 heavy (non-hydrogen) atoms. The number of piperidine rings is 1. The van der Waals surface area contributed by atoms with Crippen LogP contribution in [0.5, 0.6) is 0 Å². The molecular formula is C30H28F3N5O2. The highest BCUT2D eigenvalue weighted by molar-refractivity contribution is 6.33. The molecule has 7 rings (SSSR count). The minimum absolute atomic E-state index is 0.0853. The van der Waals surface area contributed by atoms with Gasteiger partial charge in [0.05, 0.1) is 23.0 Å². The molecule has 1 fully saturated rings. The number of hydrogen-bond acceptors (Lipinski definition) is 3. The summed E-state index contributed by atoms with van der Waals surface area (Å²) in [5.74, 6) is -0.0853. The van der Waals surface area contributed by atoms with E-state index in [1.165, 1.54) is 6.07 Å². The van der Waals surface area contributed by atoms with Crippen molar-refractivity contribution >= 4 is 39.5 Å². The van der Waals surface area contributed by atoms with E-state index < -0.39 is 11.7 Å². The van der Waals surface area contributed by atoms with Crippen molar-refractivity contribution in [1.29, 1.82) is 0 Å². The number of allylic oxidation sites excluding steroid dienone is 2. The average molecular weight is 548 g/mol. The van der Waals surface area contributed by atoms with Gasteiger partial charge in [-0.2, -0.15) is 13.2 Å². The number of imidazole rings is 1. The number of alkyl halides is 3. The van der Waals surface area contributed by atoms with Crippen molar-refractivity contribution in [3.63, 3.8) is 0 Å². The van der Waals surface area contributed by atoms with E-state index in [9.17, 15) is 22.8 Å². The zero-order valence-electron chi connectivity index (χ0n) is 21.9. The number of rotatable bonds is 2. The standard InChI is InChI=1S/C30H28F3N5O2/c31-30(32,33)20-14-19-17-37(29(40)35-9-3-1-4-10-35)13-12-36-18-23(22(15-20)28(19)36)27-21(7-8-25(27)39)24-16-34-26-6-2-5-11-38(24)26/h2,5-6,11,14-16,18H,1,3-4,7-10,12-13,17H2. The maximum Gasteiger partial charge on any atom is 0.416 e. The first-order valence-corrected chi connectivity index (χ1v) is 13.8. The second-order valence-corrected chi connectivity index (χ2v) is 10.9. The zero-order valence-corrected chi connectivity index (χ0v) is 21.9. The van der Waals surface area contributed by atoms with Gasteiger partial charge >= 0.3 is 12.2 Å². The summed E-state index contributed by atoms with van der Waals surface area (Å²) in [6, 6.07) is 7.84. The Kier molecular flexibility index (Phi) is 5.76. The number of aromatic nitrogens is 3. The number of hydrogen-bond donors (Lipinski definition) is 0. The number of ketones is 1. The first-order chi connectivity index (χ1) is 19.3. The lowest BCUT2D eigenvalue weighted by Crippen LogP contribution is -2.45. The van der Waals surface area contributed by atoms with Gasteiger partial charge in [0.2, 0.25) is 0 Å². The molecule has 7 nitrogen and oxygen atoms in total. The molecule has 3 aromatic heterocycles. The Labute approximate surface area is 228 Å². The largest absolute Gasteiger partial charge is 0.416 e. The average Bonchev–Trinajstić information content (AvgIpc) is 3.61. The van der Waals surface area contributed by atoms with Crippen LogP contribution in [0, 0.1) is 0 Å². The van der Waals surface area contributed by atoms with E-state index >= 15 is 0 Å². The molecule has 1 aromatic carbocycles. The predicted octanol–water partition coefficient (Wildman–Crippen LogP) is 6.00. The molecule has 0 saturated carbocycles. The number of amides is 2. The van der Waals surface area contributed by atoms with Crippen molar-refractivity contribution in [1.82, 2.24) is 23.8 Å². The second kappa shape index (κ2) is 9.25. The summed E-state index contributed by atoms with van der Waals surface area (Å²) in [5, 5.41) is 0.397. The molecule has 0 unspecified atom stereocenters. The Hall–Kier alpha value is -4.08. The topological polar surface area (TPSA) is 62.9 Å². The third-order valence-corrected chi connectivity index (χ3v) is 8.43. The van der Waals surface area contributed by atoms with E-state index in [2.05, 4.69) is 4.98 Å². The van der Waals surface area contributed by atoms with E-state index in [4.69, 9.17) is 0 Å². The van der Waals surface area contributed by atoms with Crippen molar-refractivity contribution in [3.8, 4) is 0 Å². The predicted molar refractivity (Wildman–Crippen MR) is 144 cm³/mol. The second-order valence-electron chi connectivity index (χ2n) is 10.9. The maximum absolute atomic E-state index is 14.2. The molecule has 5 heterocycles. The van der Waals surface area contributed by atoms with Gasteiger partial charge in [-0.1, -0.05) is 6.07 Å². The normalized spacial score (nSPS) is 18.3. The molecule has 0 spiro atoms.